The van der Waals surface area contributed by atoms with Crippen LogP contribution < -0.4 is 11.6 Å². The molecule has 0 amide bonds. The van der Waals surface area contributed by atoms with Crippen molar-refractivity contribution in [2.24, 2.45) is 10.9 Å². The SMILES string of the molecule is N/N=C\c1cncnc1N. The minimum atomic E-state index is 0.379. The van der Waals surface area contributed by atoms with Gasteiger partial charge in [-0.25, -0.2) is 9.97 Å². The molecule has 1 rings (SSSR count). The molecule has 0 aliphatic carbocycles. The van der Waals surface area contributed by atoms with Crippen molar-refractivity contribution in [3.8, 4) is 0 Å². The van der Waals surface area contributed by atoms with Gasteiger partial charge in [-0.3, -0.25) is 0 Å². The molecule has 0 aromatic carbocycles. The molecule has 1 heterocycles. The van der Waals surface area contributed by atoms with Gasteiger partial charge in [-0.05, 0) is 0 Å². The van der Waals surface area contributed by atoms with Crippen LogP contribution in [0, 0.1) is 0 Å². The van der Waals surface area contributed by atoms with Crippen molar-refractivity contribution in [1.82, 2.24) is 9.97 Å². The van der Waals surface area contributed by atoms with Gasteiger partial charge in [0.2, 0.25) is 0 Å². The summed E-state index contributed by atoms with van der Waals surface area (Å²) in [5, 5.41) is 3.28. The second kappa shape index (κ2) is 2.77. The molecule has 5 nitrogen and oxygen atoms in total. The second-order valence-corrected chi connectivity index (χ2v) is 1.64. The molecule has 1 aromatic rings. The third-order valence-electron chi connectivity index (χ3n) is 0.986. The number of anilines is 1. The number of nitrogen functional groups attached to an aromatic ring is 1. The standard InChI is InChI=1S/C5H7N5/c6-5-4(2-10-7)1-8-3-9-5/h1-3H,7H2,(H2,6,8,9)/b10-2-. The van der Waals surface area contributed by atoms with Crippen molar-refractivity contribution in [3.05, 3.63) is 18.1 Å². The summed E-state index contributed by atoms with van der Waals surface area (Å²) >= 11 is 0. The molecule has 5 heteroatoms. The molecule has 0 unspecified atom stereocenters. The molecule has 0 aliphatic rings. The van der Waals surface area contributed by atoms with Crippen molar-refractivity contribution in [2.45, 2.75) is 0 Å². The third kappa shape index (κ3) is 1.19. The van der Waals surface area contributed by atoms with Crippen LogP contribution in [0.4, 0.5) is 5.82 Å². The summed E-state index contributed by atoms with van der Waals surface area (Å²) in [6.07, 6.45) is 4.30. The monoisotopic (exact) mass is 137 g/mol. The van der Waals surface area contributed by atoms with Crippen molar-refractivity contribution in [1.29, 1.82) is 0 Å². The Kier molecular flexibility index (Phi) is 1.79. The maximum atomic E-state index is 5.41. The van der Waals surface area contributed by atoms with Gasteiger partial charge in [-0.15, -0.1) is 0 Å². The molecule has 0 atom stereocenters. The zero-order valence-corrected chi connectivity index (χ0v) is 5.23. The maximum absolute atomic E-state index is 5.41. The van der Waals surface area contributed by atoms with E-state index < -0.39 is 0 Å². The quantitative estimate of drug-likeness (QED) is 0.306. The molecule has 1 aromatic heterocycles. The van der Waals surface area contributed by atoms with Crippen molar-refractivity contribution in [2.75, 3.05) is 5.73 Å². The van der Waals surface area contributed by atoms with Crippen LogP contribution in [-0.4, -0.2) is 16.2 Å². The van der Waals surface area contributed by atoms with E-state index in [2.05, 4.69) is 15.1 Å². The van der Waals surface area contributed by atoms with Crippen molar-refractivity contribution >= 4 is 12.0 Å². The van der Waals surface area contributed by atoms with Gasteiger partial charge in [0.25, 0.3) is 0 Å². The molecule has 4 N–H and O–H groups in total. The van der Waals surface area contributed by atoms with Gasteiger partial charge in [0.05, 0.1) is 11.8 Å². The first-order chi connectivity index (χ1) is 4.84. The Balaban J connectivity index is 3.03. The fourth-order valence-electron chi connectivity index (χ4n) is 0.530. The number of nitrogens with zero attached hydrogens (tertiary/aromatic N) is 3. The molecule has 0 bridgehead atoms. The summed E-state index contributed by atoms with van der Waals surface area (Å²) < 4.78 is 0. The summed E-state index contributed by atoms with van der Waals surface area (Å²) in [7, 11) is 0. The van der Waals surface area contributed by atoms with Gasteiger partial charge in [0, 0.05) is 6.20 Å². The van der Waals surface area contributed by atoms with Crippen LogP contribution in [0.5, 0.6) is 0 Å². The van der Waals surface area contributed by atoms with E-state index in [1.165, 1.54) is 12.5 Å². The van der Waals surface area contributed by atoms with Gasteiger partial charge < -0.3 is 11.6 Å². The number of rotatable bonds is 1. The molecular weight excluding hydrogens is 130 g/mol. The van der Waals surface area contributed by atoms with Crippen LogP contribution in [-0.2, 0) is 0 Å². The largest absolute Gasteiger partial charge is 0.383 e. The number of hydrogen-bond acceptors (Lipinski definition) is 5. The normalized spacial score (nSPS) is 10.4. The molecule has 10 heavy (non-hydrogen) atoms. The predicted octanol–water partition coefficient (Wildman–Crippen LogP) is -0.649. The zero-order valence-electron chi connectivity index (χ0n) is 5.23. The molecule has 0 saturated heterocycles. The smallest absolute Gasteiger partial charge is 0.135 e. The molecule has 0 saturated carbocycles. The van der Waals surface area contributed by atoms with E-state index >= 15 is 0 Å². The third-order valence-corrected chi connectivity index (χ3v) is 0.986. The Morgan fingerprint density at radius 1 is 1.60 bits per heavy atom. The first kappa shape index (κ1) is 6.47. The van der Waals surface area contributed by atoms with Gasteiger partial charge >= 0.3 is 0 Å². The fourth-order valence-corrected chi connectivity index (χ4v) is 0.530. The van der Waals surface area contributed by atoms with Gasteiger partial charge in [0.15, 0.2) is 0 Å². The second-order valence-electron chi connectivity index (χ2n) is 1.64. The summed E-state index contributed by atoms with van der Waals surface area (Å²) in [6.45, 7) is 0. The van der Waals surface area contributed by atoms with Crippen LogP contribution in [0.15, 0.2) is 17.6 Å². The Labute approximate surface area is 57.8 Å². The van der Waals surface area contributed by atoms with Gasteiger partial charge in [-0.1, -0.05) is 0 Å². The van der Waals surface area contributed by atoms with Crippen LogP contribution in [0.1, 0.15) is 5.56 Å². The van der Waals surface area contributed by atoms with Crippen LogP contribution in [0.3, 0.4) is 0 Å². The lowest BCUT2D eigenvalue weighted by Gasteiger charge is -1.93. The zero-order chi connectivity index (χ0) is 7.40. The summed E-state index contributed by atoms with van der Waals surface area (Å²) in [5.74, 6) is 5.27. The highest BCUT2D eigenvalue weighted by Gasteiger charge is 1.93. The highest BCUT2D eigenvalue weighted by molar-refractivity contribution is 5.84. The summed E-state index contributed by atoms with van der Waals surface area (Å²) in [5.41, 5.74) is 6.04. The molecule has 0 radical (unpaired) electrons. The lowest BCUT2D eigenvalue weighted by Crippen LogP contribution is -1.98. The predicted molar refractivity (Wildman–Crippen MR) is 38.2 cm³/mol. The van der Waals surface area contributed by atoms with Crippen molar-refractivity contribution < 1.29 is 0 Å². The fraction of sp³-hybridized carbons (Fsp3) is 0. The Morgan fingerprint density at radius 3 is 3.00 bits per heavy atom. The lowest BCUT2D eigenvalue weighted by molar-refractivity contribution is 1.16. The number of hydrazone groups is 1. The summed E-state index contributed by atoms with van der Waals surface area (Å²) in [4.78, 5) is 7.44. The first-order valence-electron chi connectivity index (χ1n) is 2.63. The molecule has 52 valence electrons. The minimum absolute atomic E-state index is 0.379. The topological polar surface area (TPSA) is 90.2 Å². The number of hydrogen-bond donors (Lipinski definition) is 2. The van der Waals surface area contributed by atoms with E-state index in [0.717, 1.165) is 0 Å². The molecule has 0 spiro atoms. The van der Waals surface area contributed by atoms with E-state index in [-0.39, 0.29) is 0 Å². The Morgan fingerprint density at radius 2 is 2.40 bits per heavy atom. The van der Waals surface area contributed by atoms with Crippen LogP contribution in [0.25, 0.3) is 0 Å². The van der Waals surface area contributed by atoms with E-state index in [4.69, 9.17) is 11.6 Å². The Bertz CT molecular complexity index is 244. The van der Waals surface area contributed by atoms with E-state index in [9.17, 15) is 0 Å². The van der Waals surface area contributed by atoms with Crippen molar-refractivity contribution in [3.63, 3.8) is 0 Å². The van der Waals surface area contributed by atoms with Gasteiger partial charge in [-0.2, -0.15) is 5.10 Å². The minimum Gasteiger partial charge on any atom is -0.383 e. The number of aromatic nitrogens is 2. The highest BCUT2D eigenvalue weighted by Crippen LogP contribution is 1.99. The molecule has 0 aliphatic heterocycles. The number of nitrogens with two attached hydrogens (primary N) is 2. The molecule has 0 fully saturated rings. The maximum Gasteiger partial charge on any atom is 0.135 e. The van der Waals surface area contributed by atoms with Crippen LogP contribution >= 0.6 is 0 Å². The Hall–Kier alpha value is -1.65. The van der Waals surface area contributed by atoms with Crippen LogP contribution in [0.2, 0.25) is 0 Å². The van der Waals surface area contributed by atoms with E-state index in [1.54, 1.807) is 6.20 Å². The highest BCUT2D eigenvalue weighted by atomic mass is 15.1. The average molecular weight is 137 g/mol. The first-order valence-corrected chi connectivity index (χ1v) is 2.63. The van der Waals surface area contributed by atoms with E-state index in [1.807, 2.05) is 0 Å². The molecular formula is C5H7N5. The van der Waals surface area contributed by atoms with Gasteiger partial charge in [0.1, 0.15) is 12.1 Å². The summed E-state index contributed by atoms with van der Waals surface area (Å²) in [6, 6.07) is 0. The average Bonchev–Trinajstić information content (AvgIpc) is 1.94. The van der Waals surface area contributed by atoms with E-state index in [0.29, 0.717) is 11.4 Å². The lowest BCUT2D eigenvalue weighted by atomic mass is 10.3.